The van der Waals surface area contributed by atoms with Gasteiger partial charge in [0.25, 0.3) is 5.56 Å². The summed E-state index contributed by atoms with van der Waals surface area (Å²) >= 11 is 0. The molecule has 2 unspecified atom stereocenters. The maximum absolute atomic E-state index is 15.5. The lowest BCUT2D eigenvalue weighted by atomic mass is 9.98. The Morgan fingerprint density at radius 3 is 2.65 bits per heavy atom. The third kappa shape index (κ3) is 4.25. The third-order valence-electron chi connectivity index (χ3n) is 4.05. The number of carbonyl (C=O) groups excluding carboxylic acids is 2. The van der Waals surface area contributed by atoms with Crippen LogP contribution in [0, 0.1) is 0 Å². The fourth-order valence-corrected chi connectivity index (χ4v) is 2.78. The molecular weight excluding hydrogens is 351 g/mol. The third-order valence-corrected chi connectivity index (χ3v) is 4.05. The lowest BCUT2D eigenvalue weighted by Gasteiger charge is -2.27. The number of H-pyrrole nitrogens is 1. The molecule has 1 N–H and O–H groups in total. The van der Waals surface area contributed by atoms with Gasteiger partial charge in [-0.2, -0.15) is 0 Å². The van der Waals surface area contributed by atoms with Gasteiger partial charge in [0, 0.05) is 25.8 Å². The fourth-order valence-electron chi connectivity index (χ4n) is 2.78. The minimum atomic E-state index is -2.28. The highest BCUT2D eigenvalue weighted by Crippen LogP contribution is 2.42. The number of esters is 1. The molecule has 1 saturated heterocycles. The van der Waals surface area contributed by atoms with E-state index in [2.05, 4.69) is 0 Å². The van der Waals surface area contributed by atoms with Crippen LogP contribution in [0.25, 0.3) is 0 Å². The Morgan fingerprint density at radius 1 is 1.38 bits per heavy atom. The van der Waals surface area contributed by atoms with Crippen LogP contribution in [0.3, 0.4) is 0 Å². The van der Waals surface area contributed by atoms with Crippen LogP contribution >= 0.6 is 0 Å². The zero-order valence-corrected chi connectivity index (χ0v) is 14.7. The first kappa shape index (κ1) is 20.0. The number of Topliss-reactive ketones (excluding diaryl/α,β-unsaturated/α-hetero) is 1. The molecule has 0 aliphatic carbocycles. The highest BCUT2D eigenvalue weighted by atomic mass is 19.1. The molecule has 2 heterocycles. The van der Waals surface area contributed by atoms with Crippen molar-refractivity contribution in [2.24, 2.45) is 0 Å². The average Bonchev–Trinajstić information content (AvgIpc) is 2.77. The number of ether oxygens (including phenoxy) is 3. The largest absolute Gasteiger partial charge is 0.456 e. The Labute approximate surface area is 148 Å². The molecule has 26 heavy (non-hydrogen) atoms. The average molecular weight is 372 g/mol. The van der Waals surface area contributed by atoms with Gasteiger partial charge in [0.1, 0.15) is 11.9 Å². The number of ketones is 1. The molecule has 1 aliphatic heterocycles. The second-order valence-corrected chi connectivity index (χ2v) is 6.26. The SMILES string of the molecule is COCC1OC(n2ccc(=O)[nH]c2=O)[C@](C)(F)[C@@H]1OC(=O)CCC(C)=O. The van der Waals surface area contributed by atoms with Gasteiger partial charge in [-0.3, -0.25) is 19.1 Å². The minimum absolute atomic E-state index is 0.0207. The first-order valence-electron chi connectivity index (χ1n) is 8.00. The molecule has 0 saturated carbocycles. The van der Waals surface area contributed by atoms with E-state index in [1.807, 2.05) is 4.98 Å². The van der Waals surface area contributed by atoms with E-state index in [-0.39, 0.29) is 25.2 Å². The van der Waals surface area contributed by atoms with Crippen molar-refractivity contribution in [3.05, 3.63) is 33.1 Å². The molecule has 9 nitrogen and oxygen atoms in total. The van der Waals surface area contributed by atoms with E-state index in [1.165, 1.54) is 14.0 Å². The van der Waals surface area contributed by atoms with Crippen LogP contribution in [-0.4, -0.2) is 52.9 Å². The van der Waals surface area contributed by atoms with Crippen LogP contribution in [0.1, 0.15) is 32.9 Å². The Hall–Kier alpha value is -2.33. The number of nitrogens with one attached hydrogen (secondary N) is 1. The van der Waals surface area contributed by atoms with Crippen molar-refractivity contribution < 1.29 is 28.2 Å². The summed E-state index contributed by atoms with van der Waals surface area (Å²) in [5.41, 5.74) is -3.77. The van der Waals surface area contributed by atoms with Gasteiger partial charge in [-0.1, -0.05) is 0 Å². The highest BCUT2D eigenvalue weighted by molar-refractivity contribution is 5.81. The summed E-state index contributed by atoms with van der Waals surface area (Å²) in [6, 6.07) is 1.05. The number of methoxy groups -OCH3 is 1. The lowest BCUT2D eigenvalue weighted by molar-refractivity contribution is -0.159. The maximum atomic E-state index is 15.5. The molecular formula is C16H21FN2O7. The first-order chi connectivity index (χ1) is 12.2. The van der Waals surface area contributed by atoms with E-state index in [4.69, 9.17) is 14.2 Å². The van der Waals surface area contributed by atoms with E-state index in [0.29, 0.717) is 0 Å². The summed E-state index contributed by atoms with van der Waals surface area (Å²) < 4.78 is 32.1. The zero-order valence-electron chi connectivity index (χ0n) is 14.7. The second kappa shape index (κ2) is 7.92. The molecule has 144 valence electrons. The van der Waals surface area contributed by atoms with Gasteiger partial charge in [0.15, 0.2) is 18.0 Å². The molecule has 1 fully saturated rings. The summed E-state index contributed by atoms with van der Waals surface area (Å²) in [6.07, 6.45) is -2.87. The van der Waals surface area contributed by atoms with E-state index >= 15 is 4.39 Å². The van der Waals surface area contributed by atoms with Crippen LogP contribution in [0.5, 0.6) is 0 Å². The van der Waals surface area contributed by atoms with Crippen LogP contribution in [0.15, 0.2) is 21.9 Å². The van der Waals surface area contributed by atoms with E-state index in [0.717, 1.165) is 23.8 Å². The standard InChI is InChI=1S/C16H21FN2O7/c1-9(20)4-5-12(22)26-13-10(8-24-3)25-14(16(13,2)17)19-7-6-11(21)18-15(19)23/h6-7,10,13-14H,4-5,8H2,1-3H3,(H,18,21,23)/t10?,13-,14?,16-/m1/s1. The molecule has 0 spiro atoms. The maximum Gasteiger partial charge on any atom is 0.330 e. The van der Waals surface area contributed by atoms with Crippen molar-refractivity contribution in [1.29, 1.82) is 0 Å². The van der Waals surface area contributed by atoms with Crippen molar-refractivity contribution in [2.75, 3.05) is 13.7 Å². The number of alkyl halides is 1. The van der Waals surface area contributed by atoms with E-state index < -0.39 is 41.3 Å². The highest BCUT2D eigenvalue weighted by Gasteiger charge is 2.58. The summed E-state index contributed by atoms with van der Waals surface area (Å²) in [7, 11) is 1.37. The van der Waals surface area contributed by atoms with Crippen molar-refractivity contribution in [3.8, 4) is 0 Å². The summed E-state index contributed by atoms with van der Waals surface area (Å²) in [4.78, 5) is 48.1. The van der Waals surface area contributed by atoms with Crippen LogP contribution in [-0.2, 0) is 23.8 Å². The Balaban J connectivity index is 2.28. The summed E-state index contributed by atoms with van der Waals surface area (Å²) in [6.45, 7) is 2.38. The van der Waals surface area contributed by atoms with Gasteiger partial charge in [-0.25, -0.2) is 9.18 Å². The minimum Gasteiger partial charge on any atom is -0.456 e. The van der Waals surface area contributed by atoms with Crippen molar-refractivity contribution in [1.82, 2.24) is 9.55 Å². The smallest absolute Gasteiger partial charge is 0.330 e. The van der Waals surface area contributed by atoms with Gasteiger partial charge in [0.05, 0.1) is 13.0 Å². The Morgan fingerprint density at radius 2 is 2.08 bits per heavy atom. The number of halogens is 1. The van der Waals surface area contributed by atoms with Gasteiger partial charge in [0.2, 0.25) is 0 Å². The number of rotatable bonds is 7. The van der Waals surface area contributed by atoms with Gasteiger partial charge < -0.3 is 19.0 Å². The number of aromatic nitrogens is 2. The van der Waals surface area contributed by atoms with E-state index in [9.17, 15) is 19.2 Å². The number of nitrogens with zero attached hydrogens (tertiary/aromatic N) is 1. The summed E-state index contributed by atoms with van der Waals surface area (Å²) in [5, 5.41) is 0. The molecule has 1 aromatic heterocycles. The normalized spacial score (nSPS) is 28.1. The van der Waals surface area contributed by atoms with Crippen LogP contribution in [0.4, 0.5) is 4.39 Å². The Kier molecular flexibility index (Phi) is 6.09. The molecule has 1 aromatic rings. The van der Waals surface area contributed by atoms with Gasteiger partial charge in [-0.15, -0.1) is 0 Å². The molecule has 1 aliphatic rings. The zero-order chi connectivity index (χ0) is 19.5. The van der Waals surface area contributed by atoms with Crippen molar-refractivity contribution >= 4 is 11.8 Å². The van der Waals surface area contributed by atoms with Crippen LogP contribution < -0.4 is 11.2 Å². The number of carbonyl (C=O) groups is 2. The molecule has 0 radical (unpaired) electrons. The molecule has 4 atom stereocenters. The quantitative estimate of drug-likeness (QED) is 0.674. The molecule has 10 heteroatoms. The molecule has 0 bridgehead atoms. The number of hydrogen-bond acceptors (Lipinski definition) is 7. The fraction of sp³-hybridized carbons (Fsp3) is 0.625. The molecule has 0 amide bonds. The van der Waals surface area contributed by atoms with Crippen LogP contribution in [0.2, 0.25) is 0 Å². The lowest BCUT2D eigenvalue weighted by Crippen LogP contribution is -2.46. The van der Waals surface area contributed by atoms with Gasteiger partial charge >= 0.3 is 11.7 Å². The van der Waals surface area contributed by atoms with Crippen molar-refractivity contribution in [2.45, 2.75) is 50.8 Å². The number of hydrogen-bond donors (Lipinski definition) is 1. The van der Waals surface area contributed by atoms with E-state index in [1.54, 1.807) is 0 Å². The molecule has 0 aromatic carbocycles. The monoisotopic (exact) mass is 372 g/mol. The predicted molar refractivity (Wildman–Crippen MR) is 86.4 cm³/mol. The Bertz CT molecular complexity index is 785. The second-order valence-electron chi connectivity index (χ2n) is 6.26. The first-order valence-corrected chi connectivity index (χ1v) is 8.00. The van der Waals surface area contributed by atoms with Crippen molar-refractivity contribution in [3.63, 3.8) is 0 Å². The topological polar surface area (TPSA) is 117 Å². The summed E-state index contributed by atoms with van der Waals surface area (Å²) in [5.74, 6) is -0.952. The number of aromatic amines is 1. The molecule has 2 rings (SSSR count). The predicted octanol–water partition coefficient (Wildman–Crippen LogP) is 0.0896. The van der Waals surface area contributed by atoms with Gasteiger partial charge in [-0.05, 0) is 13.8 Å².